The highest BCUT2D eigenvalue weighted by Crippen LogP contribution is 2.25. The molecule has 120 valence electrons. The van der Waals surface area contributed by atoms with Crippen LogP contribution in [0.2, 0.25) is 0 Å². The average Bonchev–Trinajstić information content (AvgIpc) is 3.17. The zero-order valence-electron chi connectivity index (χ0n) is 13.0. The first-order valence-corrected chi connectivity index (χ1v) is 9.07. The van der Waals surface area contributed by atoms with Crippen LogP contribution in [0, 0.1) is 5.92 Å². The summed E-state index contributed by atoms with van der Waals surface area (Å²) in [6.45, 7) is 3.01. The van der Waals surface area contributed by atoms with E-state index < -0.39 is 0 Å². The van der Waals surface area contributed by atoms with Gasteiger partial charge in [-0.15, -0.1) is 0 Å². The van der Waals surface area contributed by atoms with Gasteiger partial charge in [-0.05, 0) is 49.4 Å². The average molecular weight is 365 g/mol. The summed E-state index contributed by atoms with van der Waals surface area (Å²) in [4.78, 5) is 7.00. The van der Waals surface area contributed by atoms with Gasteiger partial charge in [0, 0.05) is 35.8 Å². The van der Waals surface area contributed by atoms with Crippen LogP contribution in [0.15, 0.2) is 33.7 Å². The van der Waals surface area contributed by atoms with Gasteiger partial charge in [-0.2, -0.15) is 0 Å². The van der Waals surface area contributed by atoms with Gasteiger partial charge in [0.05, 0.1) is 0 Å². The maximum absolute atomic E-state index is 6.01. The monoisotopic (exact) mass is 364 g/mol. The Bertz CT molecular complexity index is 508. The van der Waals surface area contributed by atoms with Crippen molar-refractivity contribution in [2.75, 3.05) is 24.5 Å². The van der Waals surface area contributed by atoms with E-state index in [4.69, 9.17) is 5.73 Å². The Morgan fingerprint density at radius 3 is 2.68 bits per heavy atom. The molecule has 1 heterocycles. The zero-order valence-corrected chi connectivity index (χ0v) is 14.6. The van der Waals surface area contributed by atoms with Crippen LogP contribution in [0.25, 0.3) is 0 Å². The van der Waals surface area contributed by atoms with Gasteiger partial charge in [0.25, 0.3) is 0 Å². The number of nitrogens with two attached hydrogens (primary N) is 1. The van der Waals surface area contributed by atoms with Crippen LogP contribution in [0.5, 0.6) is 0 Å². The van der Waals surface area contributed by atoms with E-state index in [1.54, 1.807) is 0 Å². The Balaban J connectivity index is 1.47. The number of nitrogens with one attached hydrogen (secondary N) is 1. The van der Waals surface area contributed by atoms with Crippen molar-refractivity contribution in [3.8, 4) is 0 Å². The Labute approximate surface area is 141 Å². The van der Waals surface area contributed by atoms with E-state index in [2.05, 4.69) is 55.4 Å². The van der Waals surface area contributed by atoms with Crippen molar-refractivity contribution in [1.82, 2.24) is 5.32 Å². The van der Waals surface area contributed by atoms with Gasteiger partial charge >= 0.3 is 0 Å². The topological polar surface area (TPSA) is 53.6 Å². The maximum Gasteiger partial charge on any atom is 0.188 e. The van der Waals surface area contributed by atoms with Crippen molar-refractivity contribution in [3.05, 3.63) is 28.7 Å². The molecule has 0 bridgehead atoms. The van der Waals surface area contributed by atoms with Gasteiger partial charge in [-0.1, -0.05) is 28.8 Å². The van der Waals surface area contributed by atoms with Crippen LogP contribution in [-0.2, 0) is 0 Å². The van der Waals surface area contributed by atoms with Gasteiger partial charge in [-0.3, -0.25) is 4.99 Å². The molecular formula is C17H25BrN4. The van der Waals surface area contributed by atoms with Crippen LogP contribution >= 0.6 is 15.9 Å². The van der Waals surface area contributed by atoms with Crippen molar-refractivity contribution >= 4 is 27.6 Å². The smallest absolute Gasteiger partial charge is 0.188 e. The van der Waals surface area contributed by atoms with Crippen molar-refractivity contribution < 1.29 is 0 Å². The molecule has 1 aliphatic carbocycles. The fraction of sp³-hybridized carbons (Fsp3) is 0.588. The third-order valence-electron chi connectivity index (χ3n) is 4.70. The molecule has 0 radical (unpaired) electrons. The molecule has 2 aliphatic rings. The van der Waals surface area contributed by atoms with Gasteiger partial charge in [-0.25, -0.2) is 0 Å². The van der Waals surface area contributed by atoms with E-state index in [-0.39, 0.29) is 0 Å². The molecular weight excluding hydrogens is 340 g/mol. The Morgan fingerprint density at radius 1 is 1.23 bits per heavy atom. The number of anilines is 1. The number of hydrogen-bond donors (Lipinski definition) is 2. The molecule has 2 fully saturated rings. The number of benzene rings is 1. The van der Waals surface area contributed by atoms with E-state index in [1.165, 1.54) is 37.8 Å². The molecule has 1 saturated carbocycles. The Kier molecular flexibility index (Phi) is 5.24. The highest BCUT2D eigenvalue weighted by atomic mass is 79.9. The normalized spacial score (nSPS) is 23.2. The molecule has 1 unspecified atom stereocenters. The lowest BCUT2D eigenvalue weighted by Gasteiger charge is -2.18. The van der Waals surface area contributed by atoms with E-state index in [1.807, 2.05) is 0 Å². The molecule has 22 heavy (non-hydrogen) atoms. The first-order chi connectivity index (χ1) is 10.7. The molecule has 5 heteroatoms. The van der Waals surface area contributed by atoms with Gasteiger partial charge < -0.3 is 16.0 Å². The largest absolute Gasteiger partial charge is 0.371 e. The number of aliphatic imine (C=N–C) groups is 1. The Hall–Kier alpha value is -1.23. The third-order valence-corrected chi connectivity index (χ3v) is 5.23. The van der Waals surface area contributed by atoms with Crippen molar-refractivity contribution in [2.24, 2.45) is 16.6 Å². The third kappa shape index (κ3) is 4.15. The number of rotatable bonds is 4. The van der Waals surface area contributed by atoms with Gasteiger partial charge in [0.15, 0.2) is 5.96 Å². The minimum Gasteiger partial charge on any atom is -0.371 e. The standard InChI is InChI=1S/C17H25BrN4/c18-14-5-7-16(8-6-14)22-10-9-13(12-22)11-20-17(19)21-15-3-1-2-4-15/h5-8,13,15H,1-4,9-12H2,(H3,19,20,21). The predicted molar refractivity (Wildman–Crippen MR) is 96.3 cm³/mol. The summed E-state index contributed by atoms with van der Waals surface area (Å²) in [5.41, 5.74) is 7.31. The summed E-state index contributed by atoms with van der Waals surface area (Å²) in [5, 5.41) is 3.36. The second-order valence-electron chi connectivity index (χ2n) is 6.43. The lowest BCUT2D eigenvalue weighted by Crippen LogP contribution is -2.38. The minimum atomic E-state index is 0.548. The first-order valence-electron chi connectivity index (χ1n) is 8.27. The van der Waals surface area contributed by atoms with Crippen LogP contribution in [0.4, 0.5) is 5.69 Å². The molecule has 1 atom stereocenters. The molecule has 3 N–H and O–H groups in total. The second-order valence-corrected chi connectivity index (χ2v) is 7.34. The predicted octanol–water partition coefficient (Wildman–Crippen LogP) is 3.12. The van der Waals surface area contributed by atoms with Crippen LogP contribution in [-0.4, -0.2) is 31.6 Å². The fourth-order valence-corrected chi connectivity index (χ4v) is 3.68. The molecule has 1 aliphatic heterocycles. The molecule has 1 aromatic carbocycles. The molecule has 3 rings (SSSR count). The van der Waals surface area contributed by atoms with Crippen molar-refractivity contribution in [2.45, 2.75) is 38.1 Å². The summed E-state index contributed by atoms with van der Waals surface area (Å²) in [5.74, 6) is 1.24. The first kappa shape index (κ1) is 15.7. The van der Waals surface area contributed by atoms with Gasteiger partial charge in [0.1, 0.15) is 0 Å². The molecule has 0 aromatic heterocycles. The van der Waals surface area contributed by atoms with Crippen molar-refractivity contribution in [3.63, 3.8) is 0 Å². The maximum atomic E-state index is 6.01. The highest BCUT2D eigenvalue weighted by Gasteiger charge is 2.22. The summed E-state index contributed by atoms with van der Waals surface area (Å²) in [7, 11) is 0. The van der Waals surface area contributed by atoms with E-state index in [0.717, 1.165) is 24.1 Å². The fourth-order valence-electron chi connectivity index (χ4n) is 3.42. The summed E-state index contributed by atoms with van der Waals surface area (Å²) in [6.07, 6.45) is 6.29. The summed E-state index contributed by atoms with van der Waals surface area (Å²) >= 11 is 3.49. The van der Waals surface area contributed by atoms with E-state index in [9.17, 15) is 0 Å². The highest BCUT2D eigenvalue weighted by molar-refractivity contribution is 9.10. The summed E-state index contributed by atoms with van der Waals surface area (Å²) < 4.78 is 1.13. The number of guanidine groups is 1. The van der Waals surface area contributed by atoms with Crippen LogP contribution in [0.1, 0.15) is 32.1 Å². The number of hydrogen-bond acceptors (Lipinski definition) is 2. The molecule has 1 aromatic rings. The Morgan fingerprint density at radius 2 is 1.95 bits per heavy atom. The van der Waals surface area contributed by atoms with Crippen LogP contribution < -0.4 is 16.0 Å². The minimum absolute atomic E-state index is 0.548. The molecule has 0 spiro atoms. The lowest BCUT2D eigenvalue weighted by atomic mass is 10.1. The van der Waals surface area contributed by atoms with E-state index in [0.29, 0.717) is 17.9 Å². The SMILES string of the molecule is NC(=NCC1CCN(c2ccc(Br)cc2)C1)NC1CCCC1. The number of nitrogens with zero attached hydrogens (tertiary/aromatic N) is 2. The van der Waals surface area contributed by atoms with Gasteiger partial charge in [0.2, 0.25) is 0 Å². The lowest BCUT2D eigenvalue weighted by molar-refractivity contribution is 0.590. The number of halogens is 1. The summed E-state index contributed by atoms with van der Waals surface area (Å²) in [6, 6.07) is 9.10. The van der Waals surface area contributed by atoms with E-state index >= 15 is 0 Å². The second kappa shape index (κ2) is 7.36. The zero-order chi connectivity index (χ0) is 15.4. The van der Waals surface area contributed by atoms with Crippen molar-refractivity contribution in [1.29, 1.82) is 0 Å². The quantitative estimate of drug-likeness (QED) is 0.637. The molecule has 0 amide bonds. The molecule has 1 saturated heterocycles. The van der Waals surface area contributed by atoms with Crippen LogP contribution in [0.3, 0.4) is 0 Å². The molecule has 4 nitrogen and oxygen atoms in total.